The van der Waals surface area contributed by atoms with Crippen LogP contribution in [0.25, 0.3) is 76.3 Å². The molecule has 0 aliphatic carbocycles. The van der Waals surface area contributed by atoms with Crippen molar-refractivity contribution in [3.63, 3.8) is 0 Å². The van der Waals surface area contributed by atoms with Gasteiger partial charge in [0.15, 0.2) is 11.2 Å². The number of allylic oxidation sites excluding steroid dienone is 1. The Labute approximate surface area is 683 Å². The SMILES string of the molecule is C=CC#N.C=CC(=O)OCCCCCCCC.CCCCCCCCOC(=O)CCP1(=O)Oc2ccccc2-c2ccccc21.N#CCCP1(=O)Oc2ccccc2-c2ccccc21.O=C1CC(CP2(=O)Oc3ccccc3-c3ccccc32)C(=O)O1.O=[p+]1oc2ccccc2c2ccccc21.O=[p+]1oc2ccccc2c2ccccc21. The molecule has 2 aromatic heterocycles. The molecule has 19 nitrogen and oxygen atoms in total. The van der Waals surface area contributed by atoms with Crippen LogP contribution in [0.2, 0.25) is 0 Å². The van der Waals surface area contributed by atoms with Crippen LogP contribution in [0.15, 0.2) is 276 Å². The van der Waals surface area contributed by atoms with E-state index in [1.807, 2.05) is 231 Å². The van der Waals surface area contributed by atoms with Gasteiger partial charge in [0.2, 0.25) is 10.2 Å². The Morgan fingerprint density at radius 2 is 0.821 bits per heavy atom. The number of rotatable bonds is 22. The highest BCUT2D eigenvalue weighted by Gasteiger charge is 2.44. The molecule has 4 aliphatic heterocycles. The van der Waals surface area contributed by atoms with Crippen molar-refractivity contribution < 1.29 is 78.2 Å². The molecular formula is C93H93N2O17P5+2. The highest BCUT2D eigenvalue weighted by atomic mass is 31.2. The number of esters is 4. The third kappa shape index (κ3) is 23.5. The average molecular weight is 1670 g/mol. The third-order valence-corrected chi connectivity index (χ3v) is 29.0. The minimum absolute atomic E-state index is 0.0249. The Morgan fingerprint density at radius 3 is 1.24 bits per heavy atom. The number of cyclic esters (lactones) is 2. The van der Waals surface area contributed by atoms with Gasteiger partial charge in [-0.25, -0.2) is 13.2 Å². The molecule has 0 spiro atoms. The van der Waals surface area contributed by atoms with E-state index < -0.39 is 55.3 Å². The zero-order chi connectivity index (χ0) is 83.0. The van der Waals surface area contributed by atoms with Gasteiger partial charge in [-0.2, -0.15) is 10.5 Å². The number of benzene rings is 10. The summed E-state index contributed by atoms with van der Waals surface area (Å²) in [6.07, 6.45) is 17.2. The number of nitriles is 2. The summed E-state index contributed by atoms with van der Waals surface area (Å²) in [5.41, 5.74) is 6.90. The van der Waals surface area contributed by atoms with E-state index >= 15 is 0 Å². The molecule has 117 heavy (non-hydrogen) atoms. The smallest absolute Gasteiger partial charge is 0.466 e. The maximum absolute atomic E-state index is 13.6. The number of carbonyl (C=O) groups excluding carboxylic acids is 4. The number of hydrogen-bond acceptors (Lipinski definition) is 19. The minimum Gasteiger partial charge on any atom is -0.466 e. The lowest BCUT2D eigenvalue weighted by molar-refractivity contribution is -0.153. The van der Waals surface area contributed by atoms with Gasteiger partial charge in [-0.1, -0.05) is 261 Å². The zero-order valence-electron chi connectivity index (χ0n) is 65.5. The van der Waals surface area contributed by atoms with E-state index in [9.17, 15) is 42.0 Å². The Kier molecular flexibility index (Phi) is 33.2. The first-order valence-electron chi connectivity index (χ1n) is 39.1. The molecule has 0 radical (unpaired) electrons. The quantitative estimate of drug-likeness (QED) is 0.00890. The maximum atomic E-state index is 13.6. The van der Waals surface area contributed by atoms with Crippen LogP contribution in [-0.2, 0) is 56.2 Å². The van der Waals surface area contributed by atoms with E-state index in [-0.39, 0.29) is 49.7 Å². The fraction of sp³-hybridized carbons (Fsp3) is 0.247. The number of ether oxygens (including phenoxy) is 3. The molecule has 24 heteroatoms. The summed E-state index contributed by atoms with van der Waals surface area (Å²) in [7, 11) is -12.9. The van der Waals surface area contributed by atoms with Crippen molar-refractivity contribution in [2.75, 3.05) is 31.7 Å². The van der Waals surface area contributed by atoms with Crippen molar-refractivity contribution in [2.24, 2.45) is 5.92 Å². The van der Waals surface area contributed by atoms with Crippen molar-refractivity contribution in [1.82, 2.24) is 0 Å². The largest absolute Gasteiger partial charge is 0.597 e. The average Bonchev–Trinajstić information content (AvgIpc) is 0.857. The van der Waals surface area contributed by atoms with Crippen molar-refractivity contribution in [3.05, 3.63) is 268 Å². The zero-order valence-corrected chi connectivity index (χ0v) is 69.9. The Balaban J connectivity index is 0.000000149. The lowest BCUT2D eigenvalue weighted by Gasteiger charge is -2.29. The second kappa shape index (κ2) is 44.1. The summed E-state index contributed by atoms with van der Waals surface area (Å²) < 4.78 is 107. The number of carbonyl (C=O) groups is 4. The molecule has 4 aliphatic rings. The number of unbranched alkanes of at least 4 members (excludes halogenated alkanes) is 10. The van der Waals surface area contributed by atoms with Crippen LogP contribution >= 0.6 is 37.4 Å². The van der Waals surface area contributed by atoms with E-state index in [0.717, 1.165) is 96.1 Å². The van der Waals surface area contributed by atoms with E-state index in [4.69, 9.17) is 42.0 Å². The monoisotopic (exact) mass is 1660 g/mol. The summed E-state index contributed by atoms with van der Waals surface area (Å²) in [6.45, 7) is 11.8. The third-order valence-electron chi connectivity index (χ3n) is 19.3. The van der Waals surface area contributed by atoms with Gasteiger partial charge in [0, 0.05) is 63.0 Å². The second-order valence-electron chi connectivity index (χ2n) is 27.5. The lowest BCUT2D eigenvalue weighted by atomic mass is 10.0. The van der Waals surface area contributed by atoms with Crippen LogP contribution in [-0.4, -0.2) is 55.6 Å². The first kappa shape index (κ1) is 88.0. The van der Waals surface area contributed by atoms with Crippen LogP contribution in [0, 0.1) is 28.6 Å². The van der Waals surface area contributed by atoms with Gasteiger partial charge in [0.1, 0.15) is 17.2 Å². The van der Waals surface area contributed by atoms with Crippen molar-refractivity contribution >= 4 is 120 Å². The Morgan fingerprint density at radius 1 is 0.462 bits per heavy atom. The van der Waals surface area contributed by atoms with E-state index in [0.29, 0.717) is 52.2 Å². The summed E-state index contributed by atoms with van der Waals surface area (Å²) in [5, 5.41) is 23.9. The molecule has 0 bridgehead atoms. The van der Waals surface area contributed by atoms with Gasteiger partial charge < -0.3 is 27.8 Å². The number of nitrogens with zero attached hydrogens (tertiary/aromatic N) is 2. The van der Waals surface area contributed by atoms with Crippen LogP contribution in [0.3, 0.4) is 0 Å². The van der Waals surface area contributed by atoms with Gasteiger partial charge in [0.25, 0.3) is 22.1 Å². The van der Waals surface area contributed by atoms with Crippen LogP contribution in [0.1, 0.15) is 110 Å². The van der Waals surface area contributed by atoms with Crippen LogP contribution in [0.5, 0.6) is 17.2 Å². The summed E-state index contributed by atoms with van der Waals surface area (Å²) in [5.74, 6) is -0.730. The van der Waals surface area contributed by atoms with Gasteiger partial charge in [-0.15, -0.1) is 0 Å². The fourth-order valence-corrected chi connectivity index (χ4v) is 22.7. The molecule has 16 rings (SSSR count). The summed E-state index contributed by atoms with van der Waals surface area (Å²) in [4.78, 5) is 45.7. The predicted octanol–water partition coefficient (Wildman–Crippen LogP) is 24.7. The van der Waals surface area contributed by atoms with Gasteiger partial charge >= 0.3 is 39.2 Å². The highest BCUT2D eigenvalue weighted by Crippen LogP contribution is 2.58. The molecule has 600 valence electrons. The number of fused-ring (bicyclic) bond motifs is 15. The van der Waals surface area contributed by atoms with Crippen LogP contribution < -0.4 is 29.5 Å². The lowest BCUT2D eigenvalue weighted by Crippen LogP contribution is -2.24. The normalized spacial score (nSPS) is 16.6. The molecule has 1 fully saturated rings. The number of hydrogen-bond donors (Lipinski definition) is 0. The van der Waals surface area contributed by atoms with Gasteiger partial charge in [-0.05, 0) is 111 Å². The van der Waals surface area contributed by atoms with Crippen molar-refractivity contribution in [2.45, 2.75) is 110 Å². The molecule has 0 saturated carbocycles. The molecule has 0 amide bonds. The van der Waals surface area contributed by atoms with Crippen LogP contribution in [0.4, 0.5) is 0 Å². The van der Waals surface area contributed by atoms with E-state index in [2.05, 4.69) is 31.7 Å². The maximum Gasteiger partial charge on any atom is 0.597 e. The second-order valence-corrected chi connectivity index (χ2v) is 37.2. The topological polar surface area (TPSA) is 283 Å². The standard InChI is InChI=1S/C23H29O4P.C17H13O5P.C15H12NO2P.2C12H8O2P.C11H20O2.C3H3N/c1-2-3-4-5-6-11-17-26-23(24)16-18-28(25)22-15-10-8-13-20(22)19-12-7-9-14-21(19)27-28;18-16-9-11(17(19)21-16)10-23(20)15-8-4-2-6-13(15)12-5-1-3-7-14(12)22-23;16-10-5-11-19(17)15-9-4-2-7-13(15)12-6-1-3-8-14(12)18-19;2*13-15-12-8-4-2-6-10(12)9-5-1-3-7-11(9)14-15;1-3-5-6-7-8-9-10-13-11(12)4-2;1-2-3-4/h7-10,12-15H,2-6,11,16-18H2,1H3;1-8,11H,9-10H2;1-4,6-9H,5,11H2;2*1-8H;4H,2-3,5-10H2,1H3;2H,1H2/q;;;2*+1;;. The summed E-state index contributed by atoms with van der Waals surface area (Å²) in [6, 6.07) is 79.4. The molecule has 0 N–H and O–H groups in total. The Hall–Kier alpha value is -11.4. The van der Waals surface area contributed by atoms with Gasteiger partial charge in [0.05, 0.1) is 72.3 Å². The molecule has 6 heterocycles. The number of para-hydroxylation sites is 5. The van der Waals surface area contributed by atoms with E-state index in [1.165, 1.54) is 63.5 Å². The molecule has 12 aromatic rings. The molecule has 10 aromatic carbocycles. The van der Waals surface area contributed by atoms with Gasteiger partial charge in [-0.3, -0.25) is 28.1 Å². The van der Waals surface area contributed by atoms with Crippen molar-refractivity contribution in [1.29, 1.82) is 10.5 Å². The molecule has 6 unspecified atom stereocenters. The van der Waals surface area contributed by atoms with Crippen molar-refractivity contribution in [3.8, 4) is 62.8 Å². The highest BCUT2D eigenvalue weighted by molar-refractivity contribution is 7.68. The predicted molar refractivity (Wildman–Crippen MR) is 465 cm³/mol. The summed E-state index contributed by atoms with van der Waals surface area (Å²) >= 11 is 0. The fourth-order valence-electron chi connectivity index (χ4n) is 13.6. The Bertz CT molecular complexity index is 5760. The molecule has 1 saturated heterocycles. The molecular weight excluding hydrogens is 1570 g/mol. The molecule has 6 atom stereocenters. The first-order valence-corrected chi connectivity index (χ1v) is 46.9. The first-order chi connectivity index (χ1) is 56.9. The minimum atomic E-state index is -3.30. The van der Waals surface area contributed by atoms with E-state index in [1.54, 1.807) is 24.3 Å².